The number of nitrogens with zero attached hydrogens (tertiary/aromatic N) is 1. The summed E-state index contributed by atoms with van der Waals surface area (Å²) >= 11 is 7.08. The van der Waals surface area contributed by atoms with Crippen molar-refractivity contribution >= 4 is 22.9 Å². The van der Waals surface area contributed by atoms with E-state index in [4.69, 9.17) is 11.6 Å². The lowest BCUT2D eigenvalue weighted by atomic mass is 10.3. The Hall–Kier alpha value is -1.13. The molecule has 2 aromatic rings. The number of rotatable bonds is 2. The maximum absolute atomic E-state index is 11.4. The Labute approximate surface area is 89.4 Å². The van der Waals surface area contributed by atoms with Gasteiger partial charge in [-0.25, -0.2) is 4.98 Å². The average Bonchev–Trinajstić information content (AvgIpc) is 2.70. The molecule has 0 aliphatic heterocycles. The zero-order valence-electron chi connectivity index (χ0n) is 7.16. The smallest absolute Gasteiger partial charge is 0.255 e. The molecule has 0 aromatic carbocycles. The number of hydrogen-bond acceptors (Lipinski definition) is 3. The molecule has 0 saturated heterocycles. The van der Waals surface area contributed by atoms with E-state index in [-0.39, 0.29) is 11.4 Å². The maximum Gasteiger partial charge on any atom is 0.255 e. The minimum absolute atomic E-state index is 0.168. The van der Waals surface area contributed by atoms with E-state index in [1.807, 2.05) is 17.5 Å². The lowest BCUT2D eigenvalue weighted by molar-refractivity contribution is 1.08. The highest BCUT2D eigenvalue weighted by Gasteiger charge is 2.03. The van der Waals surface area contributed by atoms with Crippen molar-refractivity contribution in [2.24, 2.45) is 0 Å². The number of halogens is 1. The Morgan fingerprint density at radius 2 is 2.43 bits per heavy atom. The fourth-order valence-electron chi connectivity index (χ4n) is 1.05. The minimum Gasteiger partial charge on any atom is -0.306 e. The van der Waals surface area contributed by atoms with E-state index in [0.29, 0.717) is 11.4 Å². The van der Waals surface area contributed by atoms with Crippen molar-refractivity contribution in [2.75, 3.05) is 0 Å². The first-order chi connectivity index (χ1) is 6.81. The van der Waals surface area contributed by atoms with E-state index in [0.717, 1.165) is 4.88 Å². The summed E-state index contributed by atoms with van der Waals surface area (Å²) in [6.45, 7) is 0. The molecule has 5 heteroatoms. The van der Waals surface area contributed by atoms with Gasteiger partial charge in [-0.15, -0.1) is 22.9 Å². The standard InChI is InChI=1S/C9H7ClN2OS/c10-4-6-5-11-8(12-9(6)13)7-2-1-3-14-7/h1-3,5H,4H2,(H,11,12,13). The summed E-state index contributed by atoms with van der Waals surface area (Å²) in [5.74, 6) is 0.784. The molecule has 3 nitrogen and oxygen atoms in total. The quantitative estimate of drug-likeness (QED) is 0.799. The highest BCUT2D eigenvalue weighted by atomic mass is 35.5. The first kappa shape index (κ1) is 9.43. The van der Waals surface area contributed by atoms with E-state index in [2.05, 4.69) is 9.97 Å². The molecule has 0 radical (unpaired) electrons. The molecule has 14 heavy (non-hydrogen) atoms. The summed E-state index contributed by atoms with van der Waals surface area (Å²) in [5, 5.41) is 1.94. The fourth-order valence-corrected chi connectivity index (χ4v) is 1.92. The molecule has 0 unspecified atom stereocenters. The number of H-pyrrole nitrogens is 1. The second kappa shape index (κ2) is 3.94. The molecule has 72 valence electrons. The molecule has 0 aliphatic carbocycles. The van der Waals surface area contributed by atoms with Gasteiger partial charge in [-0.1, -0.05) is 6.07 Å². The second-order valence-electron chi connectivity index (χ2n) is 2.70. The molecule has 0 saturated carbocycles. The molecule has 0 fully saturated rings. The summed E-state index contributed by atoms with van der Waals surface area (Å²) in [5.41, 5.74) is 0.324. The average molecular weight is 227 g/mol. The van der Waals surface area contributed by atoms with Gasteiger partial charge in [-0.05, 0) is 11.4 Å². The van der Waals surface area contributed by atoms with Crippen molar-refractivity contribution in [3.8, 4) is 10.7 Å². The SMILES string of the molecule is O=c1[nH]c(-c2cccs2)ncc1CCl. The van der Waals surface area contributed by atoms with Gasteiger partial charge in [0.1, 0.15) is 5.82 Å². The van der Waals surface area contributed by atoms with Crippen LogP contribution in [0.5, 0.6) is 0 Å². The largest absolute Gasteiger partial charge is 0.306 e. The highest BCUT2D eigenvalue weighted by Crippen LogP contribution is 2.19. The molecule has 0 amide bonds. The number of nitrogens with one attached hydrogen (secondary N) is 1. The molecule has 2 heterocycles. The van der Waals surface area contributed by atoms with Crippen molar-refractivity contribution in [1.29, 1.82) is 0 Å². The topological polar surface area (TPSA) is 45.8 Å². The van der Waals surface area contributed by atoms with Crippen LogP contribution in [-0.2, 0) is 5.88 Å². The summed E-state index contributed by atoms with van der Waals surface area (Å²) in [4.78, 5) is 19.2. The summed E-state index contributed by atoms with van der Waals surface area (Å²) in [6, 6.07) is 3.82. The Balaban J connectivity index is 2.48. The normalized spacial score (nSPS) is 10.4. The number of aromatic amines is 1. The lowest BCUT2D eigenvalue weighted by Gasteiger charge is -1.97. The van der Waals surface area contributed by atoms with Crippen molar-refractivity contribution < 1.29 is 0 Å². The van der Waals surface area contributed by atoms with Crippen LogP contribution in [0.4, 0.5) is 0 Å². The van der Waals surface area contributed by atoms with Gasteiger partial charge in [0.2, 0.25) is 0 Å². The van der Waals surface area contributed by atoms with Crippen LogP contribution in [0.1, 0.15) is 5.56 Å². The third-order valence-corrected chi connectivity index (χ3v) is 2.94. The van der Waals surface area contributed by atoms with Gasteiger partial charge in [-0.2, -0.15) is 0 Å². The highest BCUT2D eigenvalue weighted by molar-refractivity contribution is 7.13. The predicted molar refractivity (Wildman–Crippen MR) is 57.7 cm³/mol. The van der Waals surface area contributed by atoms with Crippen molar-refractivity contribution in [2.45, 2.75) is 5.88 Å². The van der Waals surface area contributed by atoms with Crippen molar-refractivity contribution in [1.82, 2.24) is 9.97 Å². The predicted octanol–water partition coefficient (Wildman–Crippen LogP) is 2.24. The molecular weight excluding hydrogens is 220 g/mol. The third-order valence-electron chi connectivity index (χ3n) is 1.77. The van der Waals surface area contributed by atoms with Crippen LogP contribution in [0.25, 0.3) is 10.7 Å². The van der Waals surface area contributed by atoms with Gasteiger partial charge < -0.3 is 4.98 Å². The number of hydrogen-bond donors (Lipinski definition) is 1. The lowest BCUT2D eigenvalue weighted by Crippen LogP contribution is -2.12. The van der Waals surface area contributed by atoms with Crippen LogP contribution in [0.15, 0.2) is 28.5 Å². The molecule has 0 bridgehead atoms. The Morgan fingerprint density at radius 1 is 1.57 bits per heavy atom. The van der Waals surface area contributed by atoms with Gasteiger partial charge in [-0.3, -0.25) is 4.79 Å². The molecule has 2 aromatic heterocycles. The van der Waals surface area contributed by atoms with Gasteiger partial charge in [0.15, 0.2) is 0 Å². The third kappa shape index (κ3) is 1.71. The first-order valence-corrected chi connectivity index (χ1v) is 5.40. The van der Waals surface area contributed by atoms with Crippen LogP contribution in [-0.4, -0.2) is 9.97 Å². The van der Waals surface area contributed by atoms with E-state index in [1.54, 1.807) is 0 Å². The van der Waals surface area contributed by atoms with Gasteiger partial charge >= 0.3 is 0 Å². The van der Waals surface area contributed by atoms with Crippen LogP contribution in [0, 0.1) is 0 Å². The van der Waals surface area contributed by atoms with Crippen molar-refractivity contribution in [3.05, 3.63) is 39.6 Å². The zero-order chi connectivity index (χ0) is 9.97. The molecular formula is C9H7ClN2OS. The Kier molecular flexibility index (Phi) is 2.65. The summed E-state index contributed by atoms with van der Waals surface area (Å²) < 4.78 is 0. The molecule has 0 aliphatic rings. The summed E-state index contributed by atoms with van der Waals surface area (Å²) in [7, 11) is 0. The van der Waals surface area contributed by atoms with E-state index < -0.39 is 0 Å². The Morgan fingerprint density at radius 3 is 3.00 bits per heavy atom. The van der Waals surface area contributed by atoms with Crippen molar-refractivity contribution in [3.63, 3.8) is 0 Å². The van der Waals surface area contributed by atoms with E-state index >= 15 is 0 Å². The maximum atomic E-state index is 11.4. The number of thiophene rings is 1. The fraction of sp³-hybridized carbons (Fsp3) is 0.111. The van der Waals surface area contributed by atoms with Gasteiger partial charge in [0.05, 0.1) is 16.3 Å². The Bertz CT molecular complexity index is 478. The number of alkyl halides is 1. The molecule has 1 N–H and O–H groups in total. The molecule has 0 spiro atoms. The molecule has 2 rings (SSSR count). The monoisotopic (exact) mass is 226 g/mol. The number of aromatic nitrogens is 2. The van der Waals surface area contributed by atoms with Crippen LogP contribution >= 0.6 is 22.9 Å². The van der Waals surface area contributed by atoms with Gasteiger partial charge in [0, 0.05) is 6.20 Å². The summed E-state index contributed by atoms with van der Waals surface area (Å²) in [6.07, 6.45) is 1.51. The van der Waals surface area contributed by atoms with Crippen LogP contribution < -0.4 is 5.56 Å². The zero-order valence-corrected chi connectivity index (χ0v) is 8.73. The molecule has 0 atom stereocenters. The van der Waals surface area contributed by atoms with E-state index in [9.17, 15) is 4.79 Å². The second-order valence-corrected chi connectivity index (χ2v) is 3.91. The van der Waals surface area contributed by atoms with Gasteiger partial charge in [0.25, 0.3) is 5.56 Å². The van der Waals surface area contributed by atoms with Crippen LogP contribution in [0.3, 0.4) is 0 Å². The minimum atomic E-state index is -0.168. The first-order valence-electron chi connectivity index (χ1n) is 3.99. The van der Waals surface area contributed by atoms with E-state index in [1.165, 1.54) is 17.5 Å². The van der Waals surface area contributed by atoms with Crippen LogP contribution in [0.2, 0.25) is 0 Å².